The van der Waals surface area contributed by atoms with Crippen molar-refractivity contribution in [1.82, 2.24) is 10.2 Å². The first-order chi connectivity index (χ1) is 8.65. The second-order valence-corrected chi connectivity index (χ2v) is 3.87. The number of carboxylic acids is 1. The molecule has 0 rings (SSSR count). The van der Waals surface area contributed by atoms with E-state index in [-0.39, 0.29) is 11.5 Å². The zero-order valence-corrected chi connectivity index (χ0v) is 10.7. The minimum Gasteiger partial charge on any atom is -0.480 e. The van der Waals surface area contributed by atoms with Gasteiger partial charge < -0.3 is 20.1 Å². The Morgan fingerprint density at radius 3 is 2.42 bits per heavy atom. The third-order valence-electron chi connectivity index (χ3n) is 1.93. The van der Waals surface area contributed by atoms with Gasteiger partial charge in [-0.15, -0.1) is 0 Å². The number of alkyl halides is 3. The Labute approximate surface area is 108 Å². The number of carbonyl (C=O) groups excluding carboxylic acids is 1. The monoisotopic (exact) mass is 286 g/mol. The molecule has 112 valence electrons. The van der Waals surface area contributed by atoms with Gasteiger partial charge in [0.2, 0.25) is 0 Å². The van der Waals surface area contributed by atoms with E-state index in [1.54, 1.807) is 13.8 Å². The first-order valence-corrected chi connectivity index (χ1v) is 5.57. The fourth-order valence-corrected chi connectivity index (χ4v) is 1.22. The molecule has 9 heteroatoms. The average molecular weight is 286 g/mol. The molecule has 0 aromatic carbocycles. The van der Waals surface area contributed by atoms with Gasteiger partial charge >= 0.3 is 18.2 Å². The molecule has 1 atom stereocenters. The van der Waals surface area contributed by atoms with Gasteiger partial charge in [0.05, 0.1) is 12.6 Å². The molecule has 0 aliphatic heterocycles. The number of ether oxygens (including phenoxy) is 1. The third kappa shape index (κ3) is 9.11. The first-order valence-electron chi connectivity index (χ1n) is 5.57. The predicted molar refractivity (Wildman–Crippen MR) is 59.8 cm³/mol. The molecule has 2 N–H and O–H groups in total. The number of rotatable bonds is 7. The third-order valence-corrected chi connectivity index (χ3v) is 1.93. The predicted octanol–water partition coefficient (Wildman–Crippen LogP) is 1.07. The van der Waals surface area contributed by atoms with Gasteiger partial charge in [0.1, 0.15) is 13.1 Å². The number of carbonyl (C=O) groups is 2. The number of aliphatic carboxylic acids is 1. The number of amides is 2. The summed E-state index contributed by atoms with van der Waals surface area (Å²) >= 11 is 0. The number of hydrogen-bond acceptors (Lipinski definition) is 3. The minimum absolute atomic E-state index is 0.134. The van der Waals surface area contributed by atoms with Gasteiger partial charge in [-0.05, 0) is 13.8 Å². The number of hydrogen-bond donors (Lipinski definition) is 2. The Balaban J connectivity index is 4.49. The van der Waals surface area contributed by atoms with Crippen molar-refractivity contribution >= 4 is 12.0 Å². The molecular weight excluding hydrogens is 269 g/mol. The standard InChI is InChI=1S/C10H17F3N2O4/c1-3-19-5-7(2)14-9(18)15(4-8(16)17)6-10(11,12)13/h7H,3-6H2,1-2H3,(H,14,18)(H,16,17). The van der Waals surface area contributed by atoms with E-state index in [9.17, 15) is 22.8 Å². The molecule has 0 aliphatic rings. The van der Waals surface area contributed by atoms with Crippen molar-refractivity contribution in [2.24, 2.45) is 0 Å². The Bertz CT molecular complexity index is 310. The van der Waals surface area contributed by atoms with Crippen LogP contribution in [0.2, 0.25) is 0 Å². The zero-order valence-electron chi connectivity index (χ0n) is 10.7. The summed E-state index contributed by atoms with van der Waals surface area (Å²) in [4.78, 5) is 22.2. The molecule has 0 spiro atoms. The summed E-state index contributed by atoms with van der Waals surface area (Å²) < 4.78 is 41.6. The molecule has 6 nitrogen and oxygen atoms in total. The fraction of sp³-hybridized carbons (Fsp3) is 0.800. The minimum atomic E-state index is -4.66. The Kier molecular flexibility index (Phi) is 7.20. The first kappa shape index (κ1) is 17.5. The summed E-state index contributed by atoms with van der Waals surface area (Å²) in [6.45, 7) is 1.17. The Morgan fingerprint density at radius 2 is 2.00 bits per heavy atom. The van der Waals surface area contributed by atoms with Crippen molar-refractivity contribution in [3.05, 3.63) is 0 Å². The van der Waals surface area contributed by atoms with Crippen LogP contribution in [0.1, 0.15) is 13.8 Å². The summed E-state index contributed by atoms with van der Waals surface area (Å²) in [6, 6.07) is -1.61. The molecule has 0 aromatic rings. The van der Waals surface area contributed by atoms with Crippen molar-refractivity contribution in [2.75, 3.05) is 26.3 Å². The highest BCUT2D eigenvalue weighted by atomic mass is 19.4. The maximum absolute atomic E-state index is 12.2. The quantitative estimate of drug-likeness (QED) is 0.733. The van der Waals surface area contributed by atoms with Crippen LogP contribution in [0.15, 0.2) is 0 Å². The van der Waals surface area contributed by atoms with Gasteiger partial charge in [-0.1, -0.05) is 0 Å². The summed E-state index contributed by atoms with van der Waals surface area (Å²) in [5, 5.41) is 10.7. The lowest BCUT2D eigenvalue weighted by Crippen LogP contribution is -2.50. The molecule has 0 saturated heterocycles. The van der Waals surface area contributed by atoms with Crippen molar-refractivity contribution in [3.8, 4) is 0 Å². The largest absolute Gasteiger partial charge is 0.480 e. The topological polar surface area (TPSA) is 78.9 Å². The highest BCUT2D eigenvalue weighted by Gasteiger charge is 2.34. The van der Waals surface area contributed by atoms with Crippen LogP contribution in [0.3, 0.4) is 0 Å². The number of nitrogens with zero attached hydrogens (tertiary/aromatic N) is 1. The molecule has 0 aliphatic carbocycles. The van der Waals surface area contributed by atoms with E-state index in [0.717, 1.165) is 0 Å². The second kappa shape index (κ2) is 7.82. The van der Waals surface area contributed by atoms with Crippen molar-refractivity contribution in [3.63, 3.8) is 0 Å². The number of nitrogens with one attached hydrogen (secondary N) is 1. The summed E-state index contributed by atoms with van der Waals surface area (Å²) in [6.07, 6.45) is -4.66. The molecule has 2 amide bonds. The molecular formula is C10H17F3N2O4. The summed E-state index contributed by atoms with van der Waals surface area (Å²) in [5.74, 6) is -1.52. The maximum atomic E-state index is 12.2. The van der Waals surface area contributed by atoms with Crippen LogP contribution in [0.25, 0.3) is 0 Å². The van der Waals surface area contributed by atoms with E-state index < -0.39 is 37.3 Å². The highest BCUT2D eigenvalue weighted by molar-refractivity contribution is 5.80. The SMILES string of the molecule is CCOCC(C)NC(=O)N(CC(=O)O)CC(F)(F)F. The number of carboxylic acid groups (broad SMARTS) is 1. The van der Waals surface area contributed by atoms with Gasteiger partial charge in [0, 0.05) is 6.61 Å². The summed E-state index contributed by atoms with van der Waals surface area (Å²) in [5.41, 5.74) is 0. The van der Waals surface area contributed by atoms with E-state index in [1.165, 1.54) is 0 Å². The molecule has 0 radical (unpaired) electrons. The van der Waals surface area contributed by atoms with Crippen LogP contribution < -0.4 is 5.32 Å². The molecule has 19 heavy (non-hydrogen) atoms. The summed E-state index contributed by atoms with van der Waals surface area (Å²) in [7, 11) is 0. The van der Waals surface area contributed by atoms with Crippen molar-refractivity contribution in [2.45, 2.75) is 26.1 Å². The number of urea groups is 1. The smallest absolute Gasteiger partial charge is 0.406 e. The van der Waals surface area contributed by atoms with Crippen molar-refractivity contribution < 1.29 is 32.6 Å². The fourth-order valence-electron chi connectivity index (χ4n) is 1.22. The van der Waals surface area contributed by atoms with E-state index >= 15 is 0 Å². The van der Waals surface area contributed by atoms with Gasteiger partial charge in [-0.2, -0.15) is 13.2 Å². The average Bonchev–Trinajstić information content (AvgIpc) is 2.22. The second-order valence-electron chi connectivity index (χ2n) is 3.87. The normalized spacial score (nSPS) is 12.9. The Morgan fingerprint density at radius 1 is 1.42 bits per heavy atom. The Hall–Kier alpha value is -1.51. The van der Waals surface area contributed by atoms with Gasteiger partial charge in [0.15, 0.2) is 0 Å². The maximum Gasteiger partial charge on any atom is 0.406 e. The van der Waals surface area contributed by atoms with E-state index in [2.05, 4.69) is 5.32 Å². The number of halogens is 3. The van der Waals surface area contributed by atoms with Crippen LogP contribution in [0.4, 0.5) is 18.0 Å². The zero-order chi connectivity index (χ0) is 15.1. The molecule has 0 aromatic heterocycles. The van der Waals surface area contributed by atoms with E-state index in [1.807, 2.05) is 0 Å². The molecule has 0 fully saturated rings. The van der Waals surface area contributed by atoms with Crippen LogP contribution in [-0.2, 0) is 9.53 Å². The lowest BCUT2D eigenvalue weighted by molar-refractivity contribution is -0.149. The molecule has 1 unspecified atom stereocenters. The van der Waals surface area contributed by atoms with Gasteiger partial charge in [-0.25, -0.2) is 4.79 Å². The lowest BCUT2D eigenvalue weighted by Gasteiger charge is -2.24. The lowest BCUT2D eigenvalue weighted by atomic mass is 10.3. The van der Waals surface area contributed by atoms with Crippen LogP contribution in [-0.4, -0.2) is 60.5 Å². The van der Waals surface area contributed by atoms with Crippen LogP contribution in [0, 0.1) is 0 Å². The molecule has 0 saturated carbocycles. The molecule has 0 heterocycles. The highest BCUT2D eigenvalue weighted by Crippen LogP contribution is 2.16. The molecule has 0 bridgehead atoms. The van der Waals surface area contributed by atoms with E-state index in [4.69, 9.17) is 9.84 Å². The van der Waals surface area contributed by atoms with Gasteiger partial charge in [0.25, 0.3) is 0 Å². The van der Waals surface area contributed by atoms with Crippen molar-refractivity contribution in [1.29, 1.82) is 0 Å². The van der Waals surface area contributed by atoms with Crippen LogP contribution >= 0.6 is 0 Å². The van der Waals surface area contributed by atoms with Gasteiger partial charge in [-0.3, -0.25) is 4.79 Å². The van der Waals surface area contributed by atoms with E-state index in [0.29, 0.717) is 6.61 Å². The van der Waals surface area contributed by atoms with Crippen LogP contribution in [0.5, 0.6) is 0 Å².